The number of nitrogens with one attached hydrogen (secondary N) is 2. The lowest BCUT2D eigenvalue weighted by Crippen LogP contribution is -2.21. The molecule has 18 heavy (non-hydrogen) atoms. The molecular formula is C11H19N5O2. The molecule has 1 aromatic rings. The Morgan fingerprint density at radius 3 is 2.67 bits per heavy atom. The van der Waals surface area contributed by atoms with Gasteiger partial charge in [0.1, 0.15) is 0 Å². The van der Waals surface area contributed by atoms with E-state index in [-0.39, 0.29) is 12.1 Å². The number of rotatable bonds is 5. The second-order valence-corrected chi connectivity index (χ2v) is 4.39. The van der Waals surface area contributed by atoms with Gasteiger partial charge >= 0.3 is 6.01 Å². The smallest absolute Gasteiger partial charge is 0.323 e. The van der Waals surface area contributed by atoms with Crippen molar-refractivity contribution >= 4 is 11.9 Å². The van der Waals surface area contributed by atoms with Crippen LogP contribution in [0.5, 0.6) is 6.01 Å². The highest BCUT2D eigenvalue weighted by atomic mass is 16.5. The monoisotopic (exact) mass is 253 g/mol. The van der Waals surface area contributed by atoms with Gasteiger partial charge in [0.15, 0.2) is 0 Å². The predicted octanol–water partition coefficient (Wildman–Crippen LogP) is 0.901. The molecule has 2 rings (SSSR count). The van der Waals surface area contributed by atoms with Crippen LogP contribution in [-0.2, 0) is 4.74 Å². The fourth-order valence-corrected chi connectivity index (χ4v) is 1.63. The molecule has 2 heterocycles. The summed E-state index contributed by atoms with van der Waals surface area (Å²) in [5.41, 5.74) is 0. The van der Waals surface area contributed by atoms with Crippen molar-refractivity contribution in [2.75, 3.05) is 30.9 Å². The molecular weight excluding hydrogens is 234 g/mol. The molecule has 0 bridgehead atoms. The van der Waals surface area contributed by atoms with Gasteiger partial charge in [-0.05, 0) is 20.3 Å². The highest BCUT2D eigenvalue weighted by molar-refractivity contribution is 5.36. The summed E-state index contributed by atoms with van der Waals surface area (Å²) in [5.74, 6) is 1.00. The van der Waals surface area contributed by atoms with Gasteiger partial charge in [0, 0.05) is 13.7 Å². The van der Waals surface area contributed by atoms with E-state index >= 15 is 0 Å². The molecule has 100 valence electrons. The van der Waals surface area contributed by atoms with Crippen LogP contribution in [0, 0.1) is 0 Å². The zero-order valence-electron chi connectivity index (χ0n) is 10.9. The zero-order valence-corrected chi connectivity index (χ0v) is 10.9. The molecule has 1 atom stereocenters. The maximum absolute atomic E-state index is 5.49. The normalized spacial score (nSPS) is 19.0. The molecule has 1 fully saturated rings. The van der Waals surface area contributed by atoms with Crippen molar-refractivity contribution in [2.24, 2.45) is 0 Å². The Labute approximate surface area is 106 Å². The van der Waals surface area contributed by atoms with Gasteiger partial charge in [-0.25, -0.2) is 0 Å². The van der Waals surface area contributed by atoms with Gasteiger partial charge in [0.25, 0.3) is 0 Å². The van der Waals surface area contributed by atoms with Crippen LogP contribution in [0.25, 0.3) is 0 Å². The third-order valence-corrected chi connectivity index (χ3v) is 2.44. The Bertz CT molecular complexity index is 393. The molecule has 0 aromatic carbocycles. The van der Waals surface area contributed by atoms with E-state index in [1.165, 1.54) is 0 Å². The van der Waals surface area contributed by atoms with E-state index in [4.69, 9.17) is 9.47 Å². The summed E-state index contributed by atoms with van der Waals surface area (Å²) in [6.07, 6.45) is 0.987. The highest BCUT2D eigenvalue weighted by Gasteiger charge is 2.17. The van der Waals surface area contributed by atoms with Gasteiger partial charge in [-0.2, -0.15) is 15.0 Å². The Morgan fingerprint density at radius 1 is 1.28 bits per heavy atom. The lowest BCUT2D eigenvalue weighted by atomic mass is 10.3. The number of hydrogen-bond acceptors (Lipinski definition) is 7. The fraction of sp³-hybridized carbons (Fsp3) is 0.727. The van der Waals surface area contributed by atoms with Crippen molar-refractivity contribution < 1.29 is 9.47 Å². The number of aromatic nitrogens is 3. The maximum Gasteiger partial charge on any atom is 0.323 e. The molecule has 1 saturated heterocycles. The van der Waals surface area contributed by atoms with E-state index < -0.39 is 0 Å². The summed E-state index contributed by atoms with van der Waals surface area (Å²) >= 11 is 0. The Kier molecular flexibility index (Phi) is 4.14. The summed E-state index contributed by atoms with van der Waals surface area (Å²) in [5, 5.41) is 6.11. The quantitative estimate of drug-likeness (QED) is 0.806. The van der Waals surface area contributed by atoms with E-state index in [9.17, 15) is 0 Å². The number of anilines is 2. The second-order valence-electron chi connectivity index (χ2n) is 4.39. The van der Waals surface area contributed by atoms with E-state index in [1.807, 2.05) is 13.8 Å². The Hall–Kier alpha value is -1.63. The van der Waals surface area contributed by atoms with Gasteiger partial charge < -0.3 is 20.1 Å². The van der Waals surface area contributed by atoms with Gasteiger partial charge in [-0.3, -0.25) is 0 Å². The van der Waals surface area contributed by atoms with Crippen LogP contribution in [0.3, 0.4) is 0 Å². The van der Waals surface area contributed by atoms with E-state index in [1.54, 1.807) is 7.05 Å². The SMILES string of the molecule is CNc1nc(NC2CCOC2)nc(OC(C)C)n1. The summed E-state index contributed by atoms with van der Waals surface area (Å²) in [6.45, 7) is 5.32. The van der Waals surface area contributed by atoms with Crippen LogP contribution in [0.1, 0.15) is 20.3 Å². The summed E-state index contributed by atoms with van der Waals surface area (Å²) in [6, 6.07) is 0.578. The van der Waals surface area contributed by atoms with E-state index in [0.717, 1.165) is 13.0 Å². The summed E-state index contributed by atoms with van der Waals surface area (Å²) in [4.78, 5) is 12.6. The molecule has 1 aromatic heterocycles. The van der Waals surface area contributed by atoms with Crippen molar-refractivity contribution in [3.8, 4) is 6.01 Å². The molecule has 7 nitrogen and oxygen atoms in total. The molecule has 1 aliphatic rings. The topological polar surface area (TPSA) is 81.2 Å². The molecule has 0 spiro atoms. The van der Waals surface area contributed by atoms with Crippen molar-refractivity contribution in [2.45, 2.75) is 32.4 Å². The Balaban J connectivity index is 2.11. The number of ether oxygens (including phenoxy) is 2. The molecule has 0 amide bonds. The lowest BCUT2D eigenvalue weighted by Gasteiger charge is -2.13. The lowest BCUT2D eigenvalue weighted by molar-refractivity contribution is 0.195. The number of nitrogens with zero attached hydrogens (tertiary/aromatic N) is 3. The van der Waals surface area contributed by atoms with Crippen molar-refractivity contribution in [1.82, 2.24) is 15.0 Å². The molecule has 7 heteroatoms. The van der Waals surface area contributed by atoms with Gasteiger partial charge in [-0.1, -0.05) is 0 Å². The highest BCUT2D eigenvalue weighted by Crippen LogP contribution is 2.15. The first kappa shape index (κ1) is 12.8. The van der Waals surface area contributed by atoms with Gasteiger partial charge in [-0.15, -0.1) is 0 Å². The fourth-order valence-electron chi connectivity index (χ4n) is 1.63. The number of hydrogen-bond donors (Lipinski definition) is 2. The maximum atomic E-state index is 5.49. The first-order chi connectivity index (χ1) is 8.67. The van der Waals surface area contributed by atoms with Crippen molar-refractivity contribution in [3.63, 3.8) is 0 Å². The minimum Gasteiger partial charge on any atom is -0.461 e. The van der Waals surface area contributed by atoms with Crippen LogP contribution in [0.15, 0.2) is 0 Å². The third-order valence-electron chi connectivity index (χ3n) is 2.44. The van der Waals surface area contributed by atoms with Gasteiger partial charge in [0.2, 0.25) is 11.9 Å². The summed E-state index contributed by atoms with van der Waals surface area (Å²) in [7, 11) is 1.76. The standard InChI is InChI=1S/C11H19N5O2/c1-7(2)18-11-15-9(12-3)14-10(16-11)13-8-4-5-17-6-8/h7-8H,4-6H2,1-3H3,(H2,12,13,14,15,16). The van der Waals surface area contributed by atoms with Crippen molar-refractivity contribution in [1.29, 1.82) is 0 Å². The van der Waals surface area contributed by atoms with Crippen molar-refractivity contribution in [3.05, 3.63) is 0 Å². The first-order valence-corrected chi connectivity index (χ1v) is 6.12. The van der Waals surface area contributed by atoms with Crippen LogP contribution in [0.2, 0.25) is 0 Å². The predicted molar refractivity (Wildman–Crippen MR) is 68.0 cm³/mol. The van der Waals surface area contributed by atoms with E-state index in [2.05, 4.69) is 25.6 Å². The first-order valence-electron chi connectivity index (χ1n) is 6.12. The van der Waals surface area contributed by atoms with Crippen LogP contribution < -0.4 is 15.4 Å². The van der Waals surface area contributed by atoms with Crippen LogP contribution in [-0.4, -0.2) is 47.4 Å². The largest absolute Gasteiger partial charge is 0.461 e. The third kappa shape index (κ3) is 3.43. The minimum absolute atomic E-state index is 0.0276. The van der Waals surface area contributed by atoms with Crippen LogP contribution >= 0.6 is 0 Å². The minimum atomic E-state index is 0.0276. The second kappa shape index (κ2) is 5.81. The van der Waals surface area contributed by atoms with Crippen LogP contribution in [0.4, 0.5) is 11.9 Å². The zero-order chi connectivity index (χ0) is 13.0. The molecule has 0 aliphatic carbocycles. The average molecular weight is 253 g/mol. The average Bonchev–Trinajstić information content (AvgIpc) is 2.80. The van der Waals surface area contributed by atoms with Gasteiger partial charge in [0.05, 0.1) is 18.8 Å². The van der Waals surface area contributed by atoms with E-state index in [0.29, 0.717) is 24.5 Å². The molecule has 0 saturated carbocycles. The molecule has 2 N–H and O–H groups in total. The molecule has 0 radical (unpaired) electrons. The molecule has 1 aliphatic heterocycles. The summed E-state index contributed by atoms with van der Waals surface area (Å²) < 4.78 is 10.8. The Morgan fingerprint density at radius 2 is 2.06 bits per heavy atom. The molecule has 1 unspecified atom stereocenters.